The second-order valence-electron chi connectivity index (χ2n) is 11.5. The predicted octanol–water partition coefficient (Wildman–Crippen LogP) is 3.89. The molecule has 0 fully saturated rings. The molecule has 2 N–H and O–H groups in total. The van der Waals surface area contributed by atoms with Crippen LogP contribution in [0.1, 0.15) is 73.8 Å². The Labute approximate surface area is 209 Å². The highest BCUT2D eigenvalue weighted by Gasteiger charge is 2.62. The first-order chi connectivity index (χ1) is 16.2. The molecule has 0 aliphatic heterocycles. The van der Waals surface area contributed by atoms with Crippen LogP contribution in [0.15, 0.2) is 33.5 Å². The van der Waals surface area contributed by atoms with Gasteiger partial charge in [0.05, 0.1) is 10.9 Å². The minimum absolute atomic E-state index is 0.0385. The zero-order valence-corrected chi connectivity index (χ0v) is 22.1. The molecule has 0 bridgehead atoms. The number of hydrogen-bond acceptors (Lipinski definition) is 8. The standard InChI is InChI=1S/C26H34FNO8/c1-23(2,3)28-21(32)26(27,22(33)36-25(7,8)9)17(20(31)35-24(4,5)6)16-18(29)14-12-10-11-13-15(14)34-19(16)30/h10-13,17,29H,1-9H3,(H,28,32)/t17-,26?/m1/s1. The van der Waals surface area contributed by atoms with Gasteiger partial charge in [0.1, 0.15) is 28.5 Å². The molecule has 0 aliphatic carbocycles. The van der Waals surface area contributed by atoms with Crippen LogP contribution in [0.3, 0.4) is 0 Å². The molecule has 0 aliphatic rings. The third-order valence-electron chi connectivity index (χ3n) is 4.66. The van der Waals surface area contributed by atoms with Crippen LogP contribution >= 0.6 is 0 Å². The Morgan fingerprint density at radius 1 is 0.944 bits per heavy atom. The molecule has 1 amide bonds. The van der Waals surface area contributed by atoms with Crippen LogP contribution in [0.25, 0.3) is 11.0 Å². The third-order valence-corrected chi connectivity index (χ3v) is 4.66. The third kappa shape index (κ3) is 6.41. The minimum Gasteiger partial charge on any atom is -0.507 e. The van der Waals surface area contributed by atoms with Gasteiger partial charge in [-0.1, -0.05) is 12.1 Å². The van der Waals surface area contributed by atoms with Gasteiger partial charge in [0.2, 0.25) is 0 Å². The van der Waals surface area contributed by atoms with Gasteiger partial charge in [-0.05, 0) is 74.4 Å². The SMILES string of the molecule is CC(C)(C)NC(=O)C(F)(C(=O)OC(C)(C)C)[C@@H](C(=O)OC(C)(C)C)c1c(O)c2ccccc2oc1=O. The van der Waals surface area contributed by atoms with Gasteiger partial charge < -0.3 is 24.3 Å². The fourth-order valence-electron chi connectivity index (χ4n) is 3.37. The smallest absolute Gasteiger partial charge is 0.355 e. The molecule has 36 heavy (non-hydrogen) atoms. The summed E-state index contributed by atoms with van der Waals surface area (Å²) in [6.07, 6.45) is 0. The number of benzene rings is 1. The number of halogens is 1. The van der Waals surface area contributed by atoms with Gasteiger partial charge >= 0.3 is 23.2 Å². The van der Waals surface area contributed by atoms with Crippen LogP contribution in [0, 0.1) is 0 Å². The van der Waals surface area contributed by atoms with E-state index in [1.54, 1.807) is 0 Å². The van der Waals surface area contributed by atoms with Crippen LogP contribution in [0.2, 0.25) is 0 Å². The number of carbonyl (C=O) groups excluding carboxylic acids is 3. The van der Waals surface area contributed by atoms with Crippen molar-refractivity contribution in [1.29, 1.82) is 0 Å². The lowest BCUT2D eigenvalue weighted by atomic mass is 9.81. The Morgan fingerprint density at radius 3 is 1.97 bits per heavy atom. The Bertz CT molecular complexity index is 1200. The zero-order valence-electron chi connectivity index (χ0n) is 22.1. The van der Waals surface area contributed by atoms with Crippen molar-refractivity contribution in [1.82, 2.24) is 5.32 Å². The fourth-order valence-corrected chi connectivity index (χ4v) is 3.37. The summed E-state index contributed by atoms with van der Waals surface area (Å²) in [5.74, 6) is -8.12. The molecular weight excluding hydrogens is 473 g/mol. The van der Waals surface area contributed by atoms with Gasteiger partial charge in [0, 0.05) is 5.54 Å². The molecular formula is C26H34FNO8. The number of aromatic hydroxyl groups is 1. The van der Waals surface area contributed by atoms with Crippen LogP contribution in [-0.2, 0) is 23.9 Å². The Balaban J connectivity index is 2.96. The van der Waals surface area contributed by atoms with Gasteiger partial charge in [-0.2, -0.15) is 0 Å². The maximum atomic E-state index is 17.1. The molecule has 0 saturated carbocycles. The van der Waals surface area contributed by atoms with Crippen LogP contribution in [0.4, 0.5) is 4.39 Å². The fraction of sp³-hybridized carbons (Fsp3) is 0.538. The predicted molar refractivity (Wildman–Crippen MR) is 130 cm³/mol. The van der Waals surface area contributed by atoms with E-state index in [1.165, 1.54) is 86.6 Å². The number of esters is 2. The topological polar surface area (TPSA) is 132 Å². The van der Waals surface area contributed by atoms with Crippen LogP contribution in [0.5, 0.6) is 5.75 Å². The molecule has 0 saturated heterocycles. The number of carbonyl (C=O) groups is 3. The monoisotopic (exact) mass is 507 g/mol. The van der Waals surface area contributed by atoms with Gasteiger partial charge in [-0.3, -0.25) is 9.59 Å². The average Bonchev–Trinajstić information content (AvgIpc) is 2.66. The van der Waals surface area contributed by atoms with Gasteiger partial charge in [0.25, 0.3) is 5.91 Å². The van der Waals surface area contributed by atoms with Gasteiger partial charge in [0.15, 0.2) is 0 Å². The first kappa shape index (κ1) is 28.8. The van der Waals surface area contributed by atoms with Crippen molar-refractivity contribution >= 4 is 28.8 Å². The highest BCUT2D eigenvalue weighted by atomic mass is 19.1. The van der Waals surface area contributed by atoms with E-state index in [0.717, 1.165) is 0 Å². The summed E-state index contributed by atoms with van der Waals surface area (Å²) in [6, 6.07) is 5.79. The maximum Gasteiger partial charge on any atom is 0.355 e. The van der Waals surface area contributed by atoms with Gasteiger partial charge in [-0.15, -0.1) is 0 Å². The average molecular weight is 508 g/mol. The van der Waals surface area contributed by atoms with Crippen molar-refractivity contribution in [3.05, 3.63) is 40.2 Å². The Kier molecular flexibility index (Phi) is 7.64. The van der Waals surface area contributed by atoms with E-state index in [2.05, 4.69) is 5.32 Å². The van der Waals surface area contributed by atoms with E-state index in [9.17, 15) is 24.3 Å². The molecule has 1 aromatic heterocycles. The number of nitrogens with one attached hydrogen (secondary N) is 1. The van der Waals surface area contributed by atoms with Crippen LogP contribution < -0.4 is 10.9 Å². The summed E-state index contributed by atoms with van der Waals surface area (Å²) in [7, 11) is 0. The summed E-state index contributed by atoms with van der Waals surface area (Å²) in [5.41, 5.74) is -9.67. The van der Waals surface area contributed by atoms with E-state index >= 15 is 4.39 Å². The number of para-hydroxylation sites is 1. The molecule has 2 rings (SSSR count). The summed E-state index contributed by atoms with van der Waals surface area (Å²) in [6.45, 7) is 13.4. The normalized spacial score (nSPS) is 15.1. The summed E-state index contributed by atoms with van der Waals surface area (Å²) < 4.78 is 32.8. The van der Waals surface area contributed by atoms with E-state index in [0.29, 0.717) is 0 Å². The molecule has 0 spiro atoms. The maximum absolute atomic E-state index is 17.1. The second-order valence-corrected chi connectivity index (χ2v) is 11.5. The molecule has 2 atom stereocenters. The van der Waals surface area contributed by atoms with Gasteiger partial charge in [-0.25, -0.2) is 14.0 Å². The molecule has 1 aromatic carbocycles. The van der Waals surface area contributed by atoms with Crippen molar-refractivity contribution < 1.29 is 37.8 Å². The molecule has 9 nitrogen and oxygen atoms in total. The summed E-state index contributed by atoms with van der Waals surface area (Å²) in [4.78, 5) is 53.2. The lowest BCUT2D eigenvalue weighted by Gasteiger charge is -2.35. The largest absolute Gasteiger partial charge is 0.507 e. The number of ether oxygens (including phenoxy) is 2. The number of hydrogen-bond donors (Lipinski definition) is 2. The number of rotatable bonds is 5. The van der Waals surface area contributed by atoms with E-state index < -0.39 is 63.1 Å². The number of fused-ring (bicyclic) bond motifs is 1. The van der Waals surface area contributed by atoms with E-state index in [-0.39, 0.29) is 11.0 Å². The van der Waals surface area contributed by atoms with Crippen molar-refractivity contribution in [3.63, 3.8) is 0 Å². The highest BCUT2D eigenvalue weighted by Crippen LogP contribution is 2.41. The molecule has 1 unspecified atom stereocenters. The first-order valence-corrected chi connectivity index (χ1v) is 11.4. The van der Waals surface area contributed by atoms with Crippen molar-refractivity contribution in [3.8, 4) is 5.75 Å². The lowest BCUT2D eigenvalue weighted by molar-refractivity contribution is -0.183. The van der Waals surface area contributed by atoms with Crippen molar-refractivity contribution in [2.45, 2.75) is 90.6 Å². The summed E-state index contributed by atoms with van der Waals surface area (Å²) >= 11 is 0. The molecule has 0 radical (unpaired) electrons. The van der Waals surface area contributed by atoms with E-state index in [4.69, 9.17) is 13.9 Å². The Morgan fingerprint density at radius 2 is 1.47 bits per heavy atom. The molecule has 2 aromatic rings. The first-order valence-electron chi connectivity index (χ1n) is 11.4. The molecule has 10 heteroatoms. The zero-order chi connectivity index (χ0) is 27.9. The minimum atomic E-state index is -3.82. The molecule has 198 valence electrons. The molecule has 1 heterocycles. The lowest BCUT2D eigenvalue weighted by Crippen LogP contribution is -2.61. The van der Waals surface area contributed by atoms with Crippen LogP contribution in [-0.4, -0.2) is 45.4 Å². The number of amides is 1. The summed E-state index contributed by atoms with van der Waals surface area (Å²) in [5, 5.41) is 13.3. The second kappa shape index (κ2) is 9.55. The number of alkyl halides is 1. The Hall–Kier alpha value is -3.43. The quantitative estimate of drug-likeness (QED) is 0.354. The van der Waals surface area contributed by atoms with Crippen molar-refractivity contribution in [2.75, 3.05) is 0 Å². The van der Waals surface area contributed by atoms with Crippen molar-refractivity contribution in [2.24, 2.45) is 0 Å². The highest BCUT2D eigenvalue weighted by molar-refractivity contribution is 6.12. The van der Waals surface area contributed by atoms with E-state index in [1.807, 2.05) is 0 Å².